The molecule has 0 aliphatic heterocycles. The van der Waals surface area contributed by atoms with Gasteiger partial charge in [-0.2, -0.15) is 0 Å². The zero-order chi connectivity index (χ0) is 28.7. The van der Waals surface area contributed by atoms with Crippen LogP contribution in [-0.4, -0.2) is 0 Å². The predicted octanol–water partition coefficient (Wildman–Crippen LogP) is 6.04. The second-order valence-corrected chi connectivity index (χ2v) is 10.6. The molecule has 0 saturated heterocycles. The van der Waals surface area contributed by atoms with E-state index >= 15 is 0 Å². The van der Waals surface area contributed by atoms with Crippen LogP contribution in [0.2, 0.25) is 0 Å². The summed E-state index contributed by atoms with van der Waals surface area (Å²) in [7, 11) is 0. The van der Waals surface area contributed by atoms with Gasteiger partial charge < -0.3 is 10.0 Å². The molecule has 0 saturated carbocycles. The Bertz CT molecular complexity index is 1740. The first-order valence-electron chi connectivity index (χ1n) is 14.2. The zero-order valence-electron chi connectivity index (χ0n) is 23.4. The van der Waals surface area contributed by atoms with Crippen molar-refractivity contribution in [3.8, 4) is 16.9 Å². The van der Waals surface area contributed by atoms with Crippen molar-refractivity contribution in [1.29, 1.82) is 0 Å². The van der Waals surface area contributed by atoms with E-state index in [0.717, 1.165) is 29.9 Å². The van der Waals surface area contributed by atoms with Crippen molar-refractivity contribution in [2.75, 3.05) is 4.90 Å². The Balaban J connectivity index is 1.32. The maximum Gasteiger partial charge on any atom is 0.255 e. The number of nitrogens with zero attached hydrogens (tertiary/aromatic N) is 2. The SMILES string of the molecule is O=c1c(-c2ccc(N(Cc3ccccc3)Cc3ccccc3)cc2)c([O-])c1=[N+](Cc1ccccc1)Cc1ccccc1. The summed E-state index contributed by atoms with van der Waals surface area (Å²) in [6.07, 6.45) is 0. The Labute approximate surface area is 246 Å². The summed E-state index contributed by atoms with van der Waals surface area (Å²) in [5.41, 5.74) is 6.30. The lowest BCUT2D eigenvalue weighted by Crippen LogP contribution is -2.47. The largest absolute Gasteiger partial charge is 0.867 e. The van der Waals surface area contributed by atoms with Crippen LogP contribution >= 0.6 is 0 Å². The monoisotopic (exact) mass is 548 g/mol. The van der Waals surface area contributed by atoms with Crippen molar-refractivity contribution >= 4 is 5.69 Å². The highest BCUT2D eigenvalue weighted by Crippen LogP contribution is 2.27. The minimum absolute atomic E-state index is 0.190. The maximum absolute atomic E-state index is 13.5. The quantitative estimate of drug-likeness (QED) is 0.196. The van der Waals surface area contributed by atoms with Gasteiger partial charge >= 0.3 is 0 Å². The van der Waals surface area contributed by atoms with E-state index < -0.39 is 0 Å². The predicted molar refractivity (Wildman–Crippen MR) is 168 cm³/mol. The summed E-state index contributed by atoms with van der Waals surface area (Å²) < 4.78 is 1.91. The second-order valence-electron chi connectivity index (χ2n) is 10.6. The fourth-order valence-electron chi connectivity index (χ4n) is 5.44. The van der Waals surface area contributed by atoms with Gasteiger partial charge in [0.1, 0.15) is 0 Å². The molecule has 0 bridgehead atoms. The number of hydrogen-bond donors (Lipinski definition) is 0. The summed E-state index contributed by atoms with van der Waals surface area (Å²) >= 11 is 0. The van der Waals surface area contributed by atoms with Crippen LogP contribution in [0.15, 0.2) is 150 Å². The molecule has 0 atom stereocenters. The van der Waals surface area contributed by atoms with Gasteiger partial charge in [-0.15, -0.1) is 0 Å². The molecule has 0 amide bonds. The fourth-order valence-corrected chi connectivity index (χ4v) is 5.44. The molecular weight excluding hydrogens is 516 g/mol. The first-order chi connectivity index (χ1) is 20.7. The first-order valence-corrected chi connectivity index (χ1v) is 14.2. The van der Waals surface area contributed by atoms with Crippen molar-refractivity contribution in [3.63, 3.8) is 0 Å². The Morgan fingerprint density at radius 1 is 0.524 bits per heavy atom. The summed E-state index contributed by atoms with van der Waals surface area (Å²) in [6.45, 7) is 2.47. The van der Waals surface area contributed by atoms with Crippen LogP contribution in [0.5, 0.6) is 5.75 Å². The lowest BCUT2D eigenvalue weighted by Gasteiger charge is -2.26. The number of hydrogen-bond acceptors (Lipinski definition) is 3. The molecule has 6 aromatic rings. The zero-order valence-corrected chi connectivity index (χ0v) is 23.4. The summed E-state index contributed by atoms with van der Waals surface area (Å²) in [5, 5.41) is 13.8. The van der Waals surface area contributed by atoms with E-state index in [4.69, 9.17) is 0 Å². The van der Waals surface area contributed by atoms with Crippen molar-refractivity contribution in [3.05, 3.63) is 183 Å². The smallest absolute Gasteiger partial charge is 0.255 e. The molecule has 42 heavy (non-hydrogen) atoms. The van der Waals surface area contributed by atoms with Crippen molar-refractivity contribution < 1.29 is 5.11 Å². The average Bonchev–Trinajstić information content (AvgIpc) is 3.03. The highest BCUT2D eigenvalue weighted by Gasteiger charge is 2.22. The molecule has 6 rings (SSSR count). The van der Waals surface area contributed by atoms with E-state index in [1.54, 1.807) is 0 Å². The molecule has 6 aromatic carbocycles. The maximum atomic E-state index is 13.5. The van der Waals surface area contributed by atoms with Crippen molar-refractivity contribution in [2.45, 2.75) is 26.2 Å². The first kappa shape index (κ1) is 27.0. The van der Waals surface area contributed by atoms with Gasteiger partial charge in [0.2, 0.25) is 5.36 Å². The second kappa shape index (κ2) is 12.5. The van der Waals surface area contributed by atoms with Gasteiger partial charge in [0, 0.05) is 35.5 Å². The van der Waals surface area contributed by atoms with Crippen LogP contribution in [0.4, 0.5) is 5.69 Å². The molecule has 0 aliphatic carbocycles. The van der Waals surface area contributed by atoms with Crippen LogP contribution in [0, 0.1) is 0 Å². The molecule has 0 N–H and O–H groups in total. The number of rotatable bonds is 10. The molecule has 4 nitrogen and oxygen atoms in total. The summed E-state index contributed by atoms with van der Waals surface area (Å²) in [4.78, 5) is 15.9. The molecule has 0 heterocycles. The molecule has 0 aromatic heterocycles. The molecule has 0 aliphatic rings. The van der Waals surface area contributed by atoms with Crippen molar-refractivity contribution in [1.82, 2.24) is 4.58 Å². The Kier molecular flexibility index (Phi) is 8.05. The highest BCUT2D eigenvalue weighted by atomic mass is 16.3. The van der Waals surface area contributed by atoms with Crippen LogP contribution in [0.1, 0.15) is 22.3 Å². The van der Waals surface area contributed by atoms with Gasteiger partial charge in [0.15, 0.2) is 13.1 Å². The normalized spacial score (nSPS) is 11.0. The molecular formula is C38H32N2O2. The van der Waals surface area contributed by atoms with E-state index in [0.29, 0.717) is 18.7 Å². The molecule has 0 radical (unpaired) electrons. The molecule has 0 unspecified atom stereocenters. The number of benzene rings is 5. The van der Waals surface area contributed by atoms with Crippen molar-refractivity contribution in [2.24, 2.45) is 0 Å². The third-order valence-electron chi connectivity index (χ3n) is 7.59. The van der Waals surface area contributed by atoms with Gasteiger partial charge in [0.05, 0.1) is 0 Å². The molecule has 206 valence electrons. The van der Waals surface area contributed by atoms with Gasteiger partial charge in [-0.3, -0.25) is 4.79 Å². The minimum Gasteiger partial charge on any atom is -0.867 e. The molecule has 0 fully saturated rings. The Hall–Kier alpha value is -5.22. The van der Waals surface area contributed by atoms with Gasteiger partial charge in [-0.05, 0) is 34.6 Å². The molecule has 0 spiro atoms. The van der Waals surface area contributed by atoms with Gasteiger partial charge in [0.25, 0.3) is 5.43 Å². The van der Waals surface area contributed by atoms with E-state index in [-0.39, 0.29) is 22.1 Å². The van der Waals surface area contributed by atoms with E-state index in [1.807, 2.05) is 102 Å². The molecule has 4 heteroatoms. The van der Waals surface area contributed by atoms with Crippen LogP contribution < -0.4 is 25.4 Å². The number of anilines is 1. The highest BCUT2D eigenvalue weighted by molar-refractivity contribution is 5.74. The standard InChI is InChI=1S/C38H32N2O2/c41-37-35(38(42)36(37)40(27-31-17-9-3-10-18-31)28-32-19-11-4-12-20-32)33-21-23-34(24-22-33)39(25-29-13-5-1-6-14-29)26-30-15-7-2-8-16-30/h1-24H,25-28H2. The van der Waals surface area contributed by atoms with E-state index in [2.05, 4.69) is 53.4 Å². The fraction of sp³-hybridized carbons (Fsp3) is 0.105. The topological polar surface area (TPSA) is 46.4 Å². The third-order valence-corrected chi connectivity index (χ3v) is 7.59. The van der Waals surface area contributed by atoms with Gasteiger partial charge in [-0.25, -0.2) is 4.58 Å². The lowest BCUT2D eigenvalue weighted by atomic mass is 9.98. The van der Waals surface area contributed by atoms with Crippen LogP contribution in [-0.2, 0) is 26.2 Å². The van der Waals surface area contributed by atoms with E-state index in [9.17, 15) is 9.90 Å². The van der Waals surface area contributed by atoms with Crippen LogP contribution in [0.3, 0.4) is 0 Å². The average molecular weight is 549 g/mol. The Morgan fingerprint density at radius 3 is 1.33 bits per heavy atom. The lowest BCUT2D eigenvalue weighted by molar-refractivity contribution is -0.271. The minimum atomic E-state index is -0.190. The van der Waals surface area contributed by atoms with Crippen LogP contribution in [0.25, 0.3) is 11.1 Å². The summed E-state index contributed by atoms with van der Waals surface area (Å²) in [6, 6.07) is 48.5. The van der Waals surface area contributed by atoms with Gasteiger partial charge in [-0.1, -0.05) is 133 Å². The third kappa shape index (κ3) is 6.08. The summed E-state index contributed by atoms with van der Waals surface area (Å²) in [5.74, 6) is -0.190. The Morgan fingerprint density at radius 2 is 0.929 bits per heavy atom. The van der Waals surface area contributed by atoms with E-state index in [1.165, 1.54) is 11.1 Å².